The summed E-state index contributed by atoms with van der Waals surface area (Å²) in [5.74, 6) is 5.21. The van der Waals surface area contributed by atoms with Crippen molar-refractivity contribution in [3.63, 3.8) is 0 Å². The summed E-state index contributed by atoms with van der Waals surface area (Å²) in [4.78, 5) is 10.9. The molecule has 0 aromatic heterocycles. The van der Waals surface area contributed by atoms with Crippen molar-refractivity contribution in [1.29, 1.82) is 0 Å². The van der Waals surface area contributed by atoms with Crippen LogP contribution in [-0.2, 0) is 4.79 Å². The van der Waals surface area contributed by atoms with Gasteiger partial charge in [0.25, 0.3) is 0 Å². The first-order valence-corrected chi connectivity index (χ1v) is 4.45. The fourth-order valence-electron chi connectivity index (χ4n) is 0.764. The molecule has 0 aliphatic carbocycles. The van der Waals surface area contributed by atoms with E-state index >= 15 is 0 Å². The van der Waals surface area contributed by atoms with Crippen LogP contribution in [0.15, 0.2) is 0 Å². The largest absolute Gasteiger partial charge is 0.293 e. The molecular weight excluding hydrogens is 148 g/mol. The van der Waals surface area contributed by atoms with Gasteiger partial charge in [-0.3, -0.25) is 10.2 Å². The average Bonchev–Trinajstić information content (AvgIpc) is 1.88. The lowest BCUT2D eigenvalue weighted by atomic mass is 10.1. The highest BCUT2D eigenvalue weighted by Crippen LogP contribution is 2.15. The lowest BCUT2D eigenvalue weighted by Gasteiger charge is -2.15. The quantitative estimate of drug-likeness (QED) is 0.358. The van der Waals surface area contributed by atoms with Gasteiger partial charge in [0.2, 0.25) is 5.91 Å². The molecule has 60 valence electrons. The Morgan fingerprint density at radius 3 is 2.20 bits per heavy atom. The Hall–Kier alpha value is -0.220. The zero-order valence-corrected chi connectivity index (χ0v) is 7.37. The lowest BCUT2D eigenvalue weighted by molar-refractivity contribution is -0.121. The van der Waals surface area contributed by atoms with Crippen molar-refractivity contribution in [1.82, 2.24) is 5.43 Å². The number of carbonyl (C=O) groups is 1. The molecule has 4 heteroatoms. The molecule has 3 nitrogen and oxygen atoms in total. The van der Waals surface area contributed by atoms with Crippen molar-refractivity contribution < 1.29 is 4.79 Å². The van der Waals surface area contributed by atoms with E-state index in [1.165, 1.54) is 11.8 Å². The first-order chi connectivity index (χ1) is 4.63. The summed E-state index contributed by atoms with van der Waals surface area (Å²) in [5, 5.41) is -0.0231. The number of carbonyl (C=O) groups excluding carboxylic acids is 1. The van der Waals surface area contributed by atoms with E-state index in [0.29, 0.717) is 5.92 Å². The van der Waals surface area contributed by atoms with Crippen molar-refractivity contribution in [2.24, 2.45) is 11.8 Å². The predicted octanol–water partition coefficient (Wildman–Crippen LogP) is 0.364. The zero-order chi connectivity index (χ0) is 8.15. The Labute approximate surface area is 65.7 Å². The summed E-state index contributed by atoms with van der Waals surface area (Å²) in [6, 6.07) is 0. The van der Waals surface area contributed by atoms with Crippen LogP contribution < -0.4 is 11.3 Å². The van der Waals surface area contributed by atoms with Gasteiger partial charge < -0.3 is 0 Å². The molecule has 0 saturated carbocycles. The number of thioether (sulfide) groups is 1. The third-order valence-electron chi connectivity index (χ3n) is 1.26. The Balaban J connectivity index is 3.93. The number of nitrogens with one attached hydrogen (secondary N) is 1. The van der Waals surface area contributed by atoms with Crippen molar-refractivity contribution in [3.8, 4) is 0 Å². The SMILES string of the molecule is CSC(C(=O)NN)C(C)C. The van der Waals surface area contributed by atoms with Gasteiger partial charge >= 0.3 is 0 Å². The van der Waals surface area contributed by atoms with E-state index in [0.717, 1.165) is 0 Å². The third-order valence-corrected chi connectivity index (χ3v) is 2.53. The molecule has 10 heavy (non-hydrogen) atoms. The van der Waals surface area contributed by atoms with E-state index in [4.69, 9.17) is 5.84 Å². The minimum absolute atomic E-state index is 0.0231. The van der Waals surface area contributed by atoms with Crippen LogP contribution in [0.4, 0.5) is 0 Å². The lowest BCUT2D eigenvalue weighted by Crippen LogP contribution is -2.39. The summed E-state index contributed by atoms with van der Waals surface area (Å²) >= 11 is 1.52. The van der Waals surface area contributed by atoms with Gasteiger partial charge in [0.1, 0.15) is 0 Å². The highest BCUT2D eigenvalue weighted by atomic mass is 32.2. The van der Waals surface area contributed by atoms with Crippen LogP contribution in [0.3, 0.4) is 0 Å². The highest BCUT2D eigenvalue weighted by molar-refractivity contribution is 7.99. The van der Waals surface area contributed by atoms with Gasteiger partial charge in [-0.05, 0) is 12.2 Å². The fraction of sp³-hybridized carbons (Fsp3) is 0.833. The van der Waals surface area contributed by atoms with Gasteiger partial charge in [0.05, 0.1) is 5.25 Å². The molecule has 1 amide bonds. The first kappa shape index (κ1) is 9.78. The van der Waals surface area contributed by atoms with E-state index in [2.05, 4.69) is 5.43 Å². The fourth-order valence-corrected chi connectivity index (χ4v) is 1.59. The Bertz CT molecular complexity index is 116. The number of amides is 1. The molecule has 0 bridgehead atoms. The number of nitrogens with two attached hydrogens (primary N) is 1. The average molecular weight is 162 g/mol. The second-order valence-electron chi connectivity index (χ2n) is 2.41. The summed E-state index contributed by atoms with van der Waals surface area (Å²) < 4.78 is 0. The van der Waals surface area contributed by atoms with Gasteiger partial charge in [-0.1, -0.05) is 13.8 Å². The first-order valence-electron chi connectivity index (χ1n) is 3.16. The van der Waals surface area contributed by atoms with Gasteiger partial charge in [0.15, 0.2) is 0 Å². The predicted molar refractivity (Wildman–Crippen MR) is 44.5 cm³/mol. The molecule has 0 aliphatic heterocycles. The molecule has 0 aromatic rings. The standard InChI is InChI=1S/C6H14N2OS/c1-4(2)5(10-3)6(9)8-7/h4-5H,7H2,1-3H3,(H,8,9). The topological polar surface area (TPSA) is 55.1 Å². The van der Waals surface area contributed by atoms with Gasteiger partial charge in [-0.15, -0.1) is 0 Å². The summed E-state index contributed by atoms with van der Waals surface area (Å²) in [7, 11) is 0. The van der Waals surface area contributed by atoms with Crippen molar-refractivity contribution in [2.45, 2.75) is 19.1 Å². The zero-order valence-electron chi connectivity index (χ0n) is 6.55. The van der Waals surface area contributed by atoms with Crippen LogP contribution in [0.2, 0.25) is 0 Å². The van der Waals surface area contributed by atoms with Gasteiger partial charge in [-0.2, -0.15) is 11.8 Å². The maximum Gasteiger partial charge on any atom is 0.247 e. The molecule has 0 heterocycles. The van der Waals surface area contributed by atoms with Crippen molar-refractivity contribution in [2.75, 3.05) is 6.26 Å². The summed E-state index contributed by atoms with van der Waals surface area (Å²) in [5.41, 5.74) is 2.14. The van der Waals surface area contributed by atoms with Crippen LogP contribution in [0.1, 0.15) is 13.8 Å². The smallest absolute Gasteiger partial charge is 0.247 e. The Morgan fingerprint density at radius 1 is 1.60 bits per heavy atom. The van der Waals surface area contributed by atoms with E-state index in [1.54, 1.807) is 0 Å². The summed E-state index contributed by atoms with van der Waals surface area (Å²) in [6.07, 6.45) is 1.90. The number of hydrogen-bond donors (Lipinski definition) is 2. The Morgan fingerprint density at radius 2 is 2.10 bits per heavy atom. The maximum absolute atomic E-state index is 10.9. The van der Waals surface area contributed by atoms with E-state index in [-0.39, 0.29) is 11.2 Å². The molecule has 1 unspecified atom stereocenters. The second-order valence-corrected chi connectivity index (χ2v) is 3.39. The van der Waals surface area contributed by atoms with Gasteiger partial charge in [0, 0.05) is 0 Å². The second kappa shape index (κ2) is 4.57. The minimum Gasteiger partial charge on any atom is -0.293 e. The molecule has 0 rings (SSSR count). The number of hydrogen-bond acceptors (Lipinski definition) is 3. The molecule has 3 N–H and O–H groups in total. The molecule has 0 saturated heterocycles. The van der Waals surface area contributed by atoms with E-state index in [9.17, 15) is 4.79 Å². The monoisotopic (exact) mass is 162 g/mol. The number of hydrazine groups is 1. The van der Waals surface area contributed by atoms with Crippen LogP contribution >= 0.6 is 11.8 Å². The molecule has 0 aromatic carbocycles. The van der Waals surface area contributed by atoms with Crippen LogP contribution in [0.5, 0.6) is 0 Å². The number of rotatable bonds is 3. The molecule has 0 radical (unpaired) electrons. The van der Waals surface area contributed by atoms with Crippen LogP contribution in [-0.4, -0.2) is 17.4 Å². The normalized spacial score (nSPS) is 13.3. The summed E-state index contributed by atoms with van der Waals surface area (Å²) in [6.45, 7) is 3.99. The van der Waals surface area contributed by atoms with Gasteiger partial charge in [-0.25, -0.2) is 5.84 Å². The third kappa shape index (κ3) is 2.58. The molecule has 0 aliphatic rings. The minimum atomic E-state index is -0.0949. The van der Waals surface area contributed by atoms with E-state index in [1.807, 2.05) is 20.1 Å². The maximum atomic E-state index is 10.9. The molecule has 0 spiro atoms. The molecule has 0 fully saturated rings. The molecular formula is C6H14N2OS. The Kier molecular flexibility index (Phi) is 4.47. The van der Waals surface area contributed by atoms with E-state index < -0.39 is 0 Å². The van der Waals surface area contributed by atoms with Crippen LogP contribution in [0, 0.1) is 5.92 Å². The van der Waals surface area contributed by atoms with Crippen molar-refractivity contribution in [3.05, 3.63) is 0 Å². The van der Waals surface area contributed by atoms with Crippen molar-refractivity contribution >= 4 is 17.7 Å². The molecule has 1 atom stereocenters. The highest BCUT2D eigenvalue weighted by Gasteiger charge is 2.19. The van der Waals surface area contributed by atoms with Crippen LogP contribution in [0.25, 0.3) is 0 Å².